The predicted octanol–water partition coefficient (Wildman–Crippen LogP) is 1.85. The van der Waals surface area contributed by atoms with Gasteiger partial charge in [-0.2, -0.15) is 5.10 Å². The van der Waals surface area contributed by atoms with Gasteiger partial charge in [-0.15, -0.1) is 12.4 Å². The molecule has 1 saturated carbocycles. The standard InChI is InChI=1S/C16H22N4O3S.ClH/c1-23-15-7-3-2-6-14(15)20-11-13(10-18-20)24(21,22)19-16(12-17)8-4-5-9-16;/h2-3,6-7,10-11,19H,4-5,8-9,12,17H2,1H3;1H. The molecule has 1 aliphatic carbocycles. The van der Waals surface area contributed by atoms with E-state index < -0.39 is 15.6 Å². The van der Waals surface area contributed by atoms with Crippen molar-refractivity contribution in [3.63, 3.8) is 0 Å². The molecular weight excluding hydrogens is 364 g/mol. The lowest BCUT2D eigenvalue weighted by atomic mass is 10.0. The zero-order chi connectivity index (χ0) is 17.2. The fourth-order valence-corrected chi connectivity index (χ4v) is 4.54. The third-order valence-electron chi connectivity index (χ3n) is 4.50. The number of rotatable bonds is 6. The molecule has 0 unspecified atom stereocenters. The van der Waals surface area contributed by atoms with Crippen LogP contribution in [0.2, 0.25) is 0 Å². The Balaban J connectivity index is 0.00000225. The van der Waals surface area contributed by atoms with Crippen molar-refractivity contribution in [2.45, 2.75) is 36.1 Å². The van der Waals surface area contributed by atoms with Gasteiger partial charge in [0.1, 0.15) is 16.3 Å². The first-order valence-electron chi connectivity index (χ1n) is 7.92. The Labute approximate surface area is 154 Å². The summed E-state index contributed by atoms with van der Waals surface area (Å²) in [5.41, 5.74) is 5.96. The number of aromatic nitrogens is 2. The highest BCUT2D eigenvalue weighted by molar-refractivity contribution is 7.89. The van der Waals surface area contributed by atoms with Crippen LogP contribution in [0.15, 0.2) is 41.6 Å². The number of ether oxygens (including phenoxy) is 1. The molecule has 1 fully saturated rings. The van der Waals surface area contributed by atoms with Crippen molar-refractivity contribution in [2.75, 3.05) is 13.7 Å². The predicted molar refractivity (Wildman–Crippen MR) is 97.9 cm³/mol. The number of nitrogens with one attached hydrogen (secondary N) is 1. The van der Waals surface area contributed by atoms with E-state index in [0.717, 1.165) is 25.7 Å². The largest absolute Gasteiger partial charge is 0.494 e. The lowest BCUT2D eigenvalue weighted by Gasteiger charge is -2.27. The number of sulfonamides is 1. The molecule has 0 saturated heterocycles. The number of benzene rings is 1. The lowest BCUT2D eigenvalue weighted by Crippen LogP contribution is -2.51. The molecule has 7 nitrogen and oxygen atoms in total. The van der Waals surface area contributed by atoms with E-state index in [1.54, 1.807) is 13.2 Å². The maximum atomic E-state index is 12.7. The molecule has 0 bridgehead atoms. The number of para-hydroxylation sites is 2. The minimum absolute atomic E-state index is 0. The van der Waals surface area contributed by atoms with Gasteiger partial charge in [-0.25, -0.2) is 17.8 Å². The van der Waals surface area contributed by atoms with Crippen LogP contribution >= 0.6 is 12.4 Å². The summed E-state index contributed by atoms with van der Waals surface area (Å²) >= 11 is 0. The first kappa shape index (κ1) is 19.7. The first-order chi connectivity index (χ1) is 11.5. The monoisotopic (exact) mass is 386 g/mol. The van der Waals surface area contributed by atoms with Gasteiger partial charge < -0.3 is 10.5 Å². The third kappa shape index (κ3) is 3.98. The summed E-state index contributed by atoms with van der Waals surface area (Å²) in [6.07, 6.45) is 6.33. The van der Waals surface area contributed by atoms with Crippen LogP contribution in [0.25, 0.3) is 5.69 Å². The molecule has 1 aliphatic rings. The van der Waals surface area contributed by atoms with Crippen LogP contribution in [0.4, 0.5) is 0 Å². The minimum Gasteiger partial charge on any atom is -0.494 e. The zero-order valence-electron chi connectivity index (χ0n) is 14.0. The smallest absolute Gasteiger partial charge is 0.244 e. The van der Waals surface area contributed by atoms with Crippen molar-refractivity contribution >= 4 is 22.4 Å². The van der Waals surface area contributed by atoms with Crippen molar-refractivity contribution in [1.82, 2.24) is 14.5 Å². The van der Waals surface area contributed by atoms with Gasteiger partial charge in [0, 0.05) is 12.1 Å². The Morgan fingerprint density at radius 1 is 1.32 bits per heavy atom. The van der Waals surface area contributed by atoms with Crippen LogP contribution in [0, 0.1) is 0 Å². The molecule has 1 aromatic heterocycles. The average Bonchev–Trinajstić information content (AvgIpc) is 3.24. The molecule has 138 valence electrons. The molecule has 0 amide bonds. The Kier molecular flexibility index (Phi) is 6.10. The molecule has 1 heterocycles. The molecule has 25 heavy (non-hydrogen) atoms. The molecule has 0 aliphatic heterocycles. The highest BCUT2D eigenvalue weighted by atomic mass is 35.5. The minimum atomic E-state index is -3.68. The maximum Gasteiger partial charge on any atom is 0.244 e. The van der Waals surface area contributed by atoms with Crippen LogP contribution < -0.4 is 15.2 Å². The van der Waals surface area contributed by atoms with Gasteiger partial charge in [0.2, 0.25) is 10.0 Å². The van der Waals surface area contributed by atoms with E-state index in [0.29, 0.717) is 18.0 Å². The number of hydrogen-bond acceptors (Lipinski definition) is 5. The van der Waals surface area contributed by atoms with Crippen molar-refractivity contribution in [2.24, 2.45) is 5.73 Å². The molecule has 2 aromatic rings. The summed E-state index contributed by atoms with van der Waals surface area (Å²) in [4.78, 5) is 0.119. The third-order valence-corrected chi connectivity index (χ3v) is 6.04. The van der Waals surface area contributed by atoms with Gasteiger partial charge in [0.25, 0.3) is 0 Å². The van der Waals surface area contributed by atoms with E-state index in [1.165, 1.54) is 17.1 Å². The second-order valence-electron chi connectivity index (χ2n) is 6.09. The van der Waals surface area contributed by atoms with Gasteiger partial charge in [-0.3, -0.25) is 0 Å². The molecule has 9 heteroatoms. The van der Waals surface area contributed by atoms with Crippen LogP contribution in [0.5, 0.6) is 5.75 Å². The fourth-order valence-electron chi connectivity index (χ4n) is 3.14. The van der Waals surface area contributed by atoms with E-state index in [1.807, 2.05) is 18.2 Å². The molecule has 0 radical (unpaired) electrons. The number of nitrogens with zero attached hydrogens (tertiary/aromatic N) is 2. The number of hydrogen-bond donors (Lipinski definition) is 2. The van der Waals surface area contributed by atoms with E-state index in [4.69, 9.17) is 10.5 Å². The molecule has 0 atom stereocenters. The van der Waals surface area contributed by atoms with Gasteiger partial charge >= 0.3 is 0 Å². The molecule has 0 spiro atoms. The first-order valence-corrected chi connectivity index (χ1v) is 9.40. The second-order valence-corrected chi connectivity index (χ2v) is 7.77. The topological polar surface area (TPSA) is 99.2 Å². The molecule has 3 N–H and O–H groups in total. The summed E-state index contributed by atoms with van der Waals surface area (Å²) < 4.78 is 35.0. The Bertz CT molecular complexity index is 816. The average molecular weight is 387 g/mol. The number of methoxy groups -OCH3 is 1. The van der Waals surface area contributed by atoms with Crippen molar-refractivity contribution in [3.05, 3.63) is 36.7 Å². The highest BCUT2D eigenvalue weighted by Crippen LogP contribution is 2.30. The van der Waals surface area contributed by atoms with Gasteiger partial charge in [-0.1, -0.05) is 25.0 Å². The summed E-state index contributed by atoms with van der Waals surface area (Å²) in [7, 11) is -2.11. The Morgan fingerprint density at radius 3 is 2.64 bits per heavy atom. The molecule has 1 aromatic carbocycles. The summed E-state index contributed by atoms with van der Waals surface area (Å²) in [5, 5.41) is 4.17. The van der Waals surface area contributed by atoms with Gasteiger partial charge in [0.15, 0.2) is 0 Å². The van der Waals surface area contributed by atoms with E-state index in [-0.39, 0.29) is 17.3 Å². The van der Waals surface area contributed by atoms with Crippen LogP contribution in [0.1, 0.15) is 25.7 Å². The number of nitrogens with two attached hydrogens (primary N) is 1. The molecular formula is C16H23ClN4O3S. The van der Waals surface area contributed by atoms with E-state index >= 15 is 0 Å². The van der Waals surface area contributed by atoms with Crippen LogP contribution in [-0.4, -0.2) is 37.4 Å². The van der Waals surface area contributed by atoms with Crippen LogP contribution in [-0.2, 0) is 10.0 Å². The second kappa shape index (κ2) is 7.74. The van der Waals surface area contributed by atoms with Crippen molar-refractivity contribution < 1.29 is 13.2 Å². The van der Waals surface area contributed by atoms with Crippen LogP contribution in [0.3, 0.4) is 0 Å². The normalized spacial score (nSPS) is 16.4. The fraction of sp³-hybridized carbons (Fsp3) is 0.438. The SMILES string of the molecule is COc1ccccc1-n1cc(S(=O)(=O)NC2(CN)CCCC2)cn1.Cl. The van der Waals surface area contributed by atoms with E-state index in [9.17, 15) is 8.42 Å². The van der Waals surface area contributed by atoms with Crippen molar-refractivity contribution in [3.8, 4) is 11.4 Å². The van der Waals surface area contributed by atoms with Gasteiger partial charge in [-0.05, 0) is 25.0 Å². The van der Waals surface area contributed by atoms with Crippen molar-refractivity contribution in [1.29, 1.82) is 0 Å². The maximum absolute atomic E-state index is 12.7. The Morgan fingerprint density at radius 2 is 2.00 bits per heavy atom. The quantitative estimate of drug-likeness (QED) is 0.789. The summed E-state index contributed by atoms with van der Waals surface area (Å²) in [5.74, 6) is 0.617. The lowest BCUT2D eigenvalue weighted by molar-refractivity contribution is 0.399. The summed E-state index contributed by atoms with van der Waals surface area (Å²) in [6, 6.07) is 7.30. The Hall–Kier alpha value is -1.61. The summed E-state index contributed by atoms with van der Waals surface area (Å²) in [6.45, 7) is 0.298. The van der Waals surface area contributed by atoms with Gasteiger partial charge in [0.05, 0.1) is 19.5 Å². The van der Waals surface area contributed by atoms with E-state index in [2.05, 4.69) is 9.82 Å². The number of halogens is 1. The zero-order valence-corrected chi connectivity index (χ0v) is 15.6. The molecule has 3 rings (SSSR count). The highest BCUT2D eigenvalue weighted by Gasteiger charge is 2.37.